The van der Waals surface area contributed by atoms with Gasteiger partial charge in [0.2, 0.25) is 0 Å². The molecule has 6 nitrogen and oxygen atoms in total. The largest absolute Gasteiger partial charge is 0.444 e. The number of nitriles is 1. The van der Waals surface area contributed by atoms with Gasteiger partial charge in [-0.15, -0.1) is 0 Å². The number of rotatable bonds is 1. The number of piperazine rings is 1. The van der Waals surface area contributed by atoms with E-state index < -0.39 is 5.60 Å². The summed E-state index contributed by atoms with van der Waals surface area (Å²) < 4.78 is 5.49. The number of fused-ring (bicyclic) bond motifs is 2. The Morgan fingerprint density at radius 2 is 1.96 bits per heavy atom. The Labute approximate surface area is 136 Å². The average molecular weight is 314 g/mol. The molecule has 0 spiro atoms. The van der Waals surface area contributed by atoms with E-state index >= 15 is 0 Å². The molecule has 0 N–H and O–H groups in total. The minimum Gasteiger partial charge on any atom is -0.444 e. The molecule has 2 aliphatic heterocycles. The normalized spacial score (nSPS) is 23.6. The van der Waals surface area contributed by atoms with E-state index in [0.717, 1.165) is 18.7 Å². The van der Waals surface area contributed by atoms with Crippen LogP contribution in [0.15, 0.2) is 18.3 Å². The fourth-order valence-electron chi connectivity index (χ4n) is 3.36. The maximum atomic E-state index is 12.3. The summed E-state index contributed by atoms with van der Waals surface area (Å²) in [5.74, 6) is 0.889. The van der Waals surface area contributed by atoms with Crippen LogP contribution in [-0.2, 0) is 4.74 Å². The molecule has 1 aromatic rings. The first-order valence-electron chi connectivity index (χ1n) is 8.00. The van der Waals surface area contributed by atoms with Crippen molar-refractivity contribution in [1.82, 2.24) is 9.88 Å². The number of pyridine rings is 1. The molecule has 3 heterocycles. The zero-order valence-electron chi connectivity index (χ0n) is 13.8. The summed E-state index contributed by atoms with van der Waals surface area (Å²) in [4.78, 5) is 20.8. The van der Waals surface area contributed by atoms with Crippen LogP contribution in [0.1, 0.15) is 39.2 Å². The molecule has 1 amide bonds. The van der Waals surface area contributed by atoms with Crippen LogP contribution in [0.4, 0.5) is 10.6 Å². The number of likely N-dealkylation sites (tertiary alicyclic amines) is 1. The van der Waals surface area contributed by atoms with E-state index in [0.29, 0.717) is 18.7 Å². The highest BCUT2D eigenvalue weighted by Gasteiger charge is 2.42. The minimum absolute atomic E-state index is 0.234. The van der Waals surface area contributed by atoms with E-state index in [1.54, 1.807) is 12.3 Å². The molecule has 0 saturated carbocycles. The molecule has 2 bridgehead atoms. The second-order valence-corrected chi connectivity index (χ2v) is 7.19. The Kier molecular flexibility index (Phi) is 3.88. The standard InChI is InChI=1S/C17H22N4O2/c1-17(2,3)23-16(22)20-10-13-5-6-14(11-20)21(13)15-7-4-12(8-18)9-19-15/h4,7,9,13-14H,5-6,10-11H2,1-3H3/t13-,14?/m1/s1. The van der Waals surface area contributed by atoms with Crippen LogP contribution in [0.3, 0.4) is 0 Å². The third-order valence-corrected chi connectivity index (χ3v) is 4.28. The maximum Gasteiger partial charge on any atom is 0.410 e. The van der Waals surface area contributed by atoms with Crippen molar-refractivity contribution in [2.75, 3.05) is 18.0 Å². The quantitative estimate of drug-likeness (QED) is 0.796. The van der Waals surface area contributed by atoms with Crippen LogP contribution in [0.25, 0.3) is 0 Å². The van der Waals surface area contributed by atoms with Gasteiger partial charge in [0, 0.05) is 31.4 Å². The van der Waals surface area contributed by atoms with E-state index in [-0.39, 0.29) is 18.2 Å². The second kappa shape index (κ2) is 5.73. The van der Waals surface area contributed by atoms with Gasteiger partial charge in [-0.25, -0.2) is 9.78 Å². The van der Waals surface area contributed by atoms with E-state index in [1.807, 2.05) is 31.7 Å². The number of carbonyl (C=O) groups is 1. The van der Waals surface area contributed by atoms with Crippen LogP contribution < -0.4 is 4.90 Å². The number of aromatic nitrogens is 1. The third-order valence-electron chi connectivity index (χ3n) is 4.28. The summed E-state index contributed by atoms with van der Waals surface area (Å²) in [6, 6.07) is 6.31. The summed E-state index contributed by atoms with van der Waals surface area (Å²) in [6.45, 7) is 6.98. The number of hydrogen-bond acceptors (Lipinski definition) is 5. The molecular formula is C17H22N4O2. The number of hydrogen-bond donors (Lipinski definition) is 0. The zero-order chi connectivity index (χ0) is 16.6. The van der Waals surface area contributed by atoms with Gasteiger partial charge in [0.1, 0.15) is 17.5 Å². The molecule has 0 radical (unpaired) electrons. The Morgan fingerprint density at radius 1 is 1.30 bits per heavy atom. The topological polar surface area (TPSA) is 69.5 Å². The maximum absolute atomic E-state index is 12.3. The fourth-order valence-corrected chi connectivity index (χ4v) is 3.36. The van der Waals surface area contributed by atoms with Crippen LogP contribution in [0.5, 0.6) is 0 Å². The lowest BCUT2D eigenvalue weighted by atomic mass is 10.1. The van der Waals surface area contributed by atoms with E-state index in [1.165, 1.54) is 0 Å². The van der Waals surface area contributed by atoms with Crippen LogP contribution in [0.2, 0.25) is 0 Å². The van der Waals surface area contributed by atoms with Crippen molar-refractivity contribution >= 4 is 11.9 Å². The molecule has 0 aromatic carbocycles. The van der Waals surface area contributed by atoms with Crippen molar-refractivity contribution in [1.29, 1.82) is 5.26 Å². The van der Waals surface area contributed by atoms with Gasteiger partial charge in [-0.3, -0.25) is 0 Å². The second-order valence-electron chi connectivity index (χ2n) is 7.19. The Balaban J connectivity index is 1.72. The van der Waals surface area contributed by atoms with Gasteiger partial charge in [0.05, 0.1) is 5.56 Å². The molecule has 2 fully saturated rings. The van der Waals surface area contributed by atoms with Gasteiger partial charge in [0.15, 0.2) is 0 Å². The summed E-state index contributed by atoms with van der Waals surface area (Å²) in [5, 5.41) is 8.88. The number of nitrogens with zero attached hydrogens (tertiary/aromatic N) is 4. The van der Waals surface area contributed by atoms with Crippen molar-refractivity contribution in [3.8, 4) is 6.07 Å². The van der Waals surface area contributed by atoms with Crippen molar-refractivity contribution in [2.24, 2.45) is 0 Å². The summed E-state index contributed by atoms with van der Waals surface area (Å²) in [5.41, 5.74) is 0.0931. The first-order valence-corrected chi connectivity index (χ1v) is 8.00. The lowest BCUT2D eigenvalue weighted by molar-refractivity contribution is 0.0209. The van der Waals surface area contributed by atoms with Gasteiger partial charge in [-0.05, 0) is 45.7 Å². The Hall–Kier alpha value is -2.29. The zero-order valence-corrected chi connectivity index (χ0v) is 13.8. The highest BCUT2D eigenvalue weighted by Crippen LogP contribution is 2.34. The molecule has 6 heteroatoms. The molecule has 3 rings (SSSR count). The monoisotopic (exact) mass is 314 g/mol. The van der Waals surface area contributed by atoms with Crippen LogP contribution in [-0.4, -0.2) is 46.8 Å². The van der Waals surface area contributed by atoms with Crippen molar-refractivity contribution < 1.29 is 9.53 Å². The van der Waals surface area contributed by atoms with E-state index in [2.05, 4.69) is 16.0 Å². The molecular weight excluding hydrogens is 292 g/mol. The molecule has 1 aromatic heterocycles. The predicted octanol–water partition coefficient (Wildman–Crippen LogP) is 2.54. The predicted molar refractivity (Wildman–Crippen MR) is 86.0 cm³/mol. The smallest absolute Gasteiger partial charge is 0.410 e. The average Bonchev–Trinajstić information content (AvgIpc) is 2.75. The van der Waals surface area contributed by atoms with Crippen molar-refractivity contribution in [3.05, 3.63) is 23.9 Å². The summed E-state index contributed by atoms with van der Waals surface area (Å²) >= 11 is 0. The molecule has 2 aliphatic rings. The van der Waals surface area contributed by atoms with Crippen LogP contribution in [0, 0.1) is 11.3 Å². The number of anilines is 1. The molecule has 2 saturated heterocycles. The van der Waals surface area contributed by atoms with Gasteiger partial charge >= 0.3 is 6.09 Å². The van der Waals surface area contributed by atoms with Gasteiger partial charge < -0.3 is 14.5 Å². The summed E-state index contributed by atoms with van der Waals surface area (Å²) in [6.07, 6.45) is 3.47. The van der Waals surface area contributed by atoms with Crippen molar-refractivity contribution in [2.45, 2.75) is 51.3 Å². The number of carbonyl (C=O) groups excluding carboxylic acids is 1. The SMILES string of the molecule is CC(C)(C)OC(=O)N1CC2CC[C@H](C1)N2c1ccc(C#N)cn1. The number of amides is 1. The highest BCUT2D eigenvalue weighted by molar-refractivity contribution is 5.69. The summed E-state index contributed by atoms with van der Waals surface area (Å²) in [7, 11) is 0. The first-order chi connectivity index (χ1) is 10.9. The Bertz CT molecular complexity index is 615. The highest BCUT2D eigenvalue weighted by atomic mass is 16.6. The van der Waals surface area contributed by atoms with Gasteiger partial charge in [-0.1, -0.05) is 0 Å². The molecule has 122 valence electrons. The third kappa shape index (κ3) is 3.24. The van der Waals surface area contributed by atoms with Gasteiger partial charge in [0.25, 0.3) is 0 Å². The molecule has 1 unspecified atom stereocenters. The lowest BCUT2D eigenvalue weighted by Gasteiger charge is -2.41. The van der Waals surface area contributed by atoms with Crippen molar-refractivity contribution in [3.63, 3.8) is 0 Å². The molecule has 0 aliphatic carbocycles. The number of ether oxygens (including phenoxy) is 1. The van der Waals surface area contributed by atoms with E-state index in [9.17, 15) is 4.79 Å². The fraction of sp³-hybridized carbons (Fsp3) is 0.588. The minimum atomic E-state index is -0.470. The molecule has 23 heavy (non-hydrogen) atoms. The van der Waals surface area contributed by atoms with Crippen LogP contribution >= 0.6 is 0 Å². The Morgan fingerprint density at radius 3 is 2.43 bits per heavy atom. The lowest BCUT2D eigenvalue weighted by Crippen LogP contribution is -2.56. The first kappa shape index (κ1) is 15.6. The van der Waals surface area contributed by atoms with E-state index in [4.69, 9.17) is 10.00 Å². The molecule has 2 atom stereocenters. The van der Waals surface area contributed by atoms with Gasteiger partial charge in [-0.2, -0.15) is 5.26 Å².